The molecule has 0 fully saturated rings. The van der Waals surface area contributed by atoms with E-state index >= 15 is 0 Å². The van der Waals surface area contributed by atoms with Gasteiger partial charge in [-0.25, -0.2) is 14.6 Å². The number of rotatable bonds is 1. The van der Waals surface area contributed by atoms with Crippen LogP contribution in [0, 0.1) is 5.82 Å². The third-order valence-corrected chi connectivity index (χ3v) is 1.71. The van der Waals surface area contributed by atoms with E-state index in [1.54, 1.807) is 0 Å². The van der Waals surface area contributed by atoms with Crippen molar-refractivity contribution >= 4 is 23.5 Å². The summed E-state index contributed by atoms with van der Waals surface area (Å²) in [6.45, 7) is 0. The van der Waals surface area contributed by atoms with Crippen LogP contribution < -0.4 is 16.6 Å². The van der Waals surface area contributed by atoms with E-state index < -0.39 is 17.8 Å². The Morgan fingerprint density at radius 1 is 1.33 bits per heavy atom. The second-order valence-electron chi connectivity index (χ2n) is 2.57. The average Bonchev–Trinajstić information content (AvgIpc) is 2.14. The molecule has 0 aromatic heterocycles. The Labute approximate surface area is 89.4 Å². The van der Waals surface area contributed by atoms with Crippen LogP contribution in [0.5, 0.6) is 0 Å². The number of hydrogen-bond acceptors (Lipinski definition) is 2. The number of urea groups is 1. The summed E-state index contributed by atoms with van der Waals surface area (Å²) >= 11 is 5.49. The topological polar surface area (TPSA) is 84.2 Å². The minimum absolute atomic E-state index is 0.173. The van der Waals surface area contributed by atoms with E-state index in [0.29, 0.717) is 0 Å². The number of carbonyl (C=O) groups excluding carboxylic acids is 2. The Hall–Kier alpha value is -1.82. The second kappa shape index (κ2) is 4.61. The SMILES string of the molecule is NC(=O)NNC(=O)c1ccc(Cl)cc1F. The lowest BCUT2D eigenvalue weighted by Gasteiger charge is -2.05. The van der Waals surface area contributed by atoms with Crippen LogP contribution in [-0.4, -0.2) is 11.9 Å². The fraction of sp³-hybridized carbons (Fsp3) is 0. The van der Waals surface area contributed by atoms with Gasteiger partial charge in [0.1, 0.15) is 5.82 Å². The minimum Gasteiger partial charge on any atom is -0.350 e. The zero-order valence-electron chi connectivity index (χ0n) is 7.38. The summed E-state index contributed by atoms with van der Waals surface area (Å²) in [5.74, 6) is -1.60. The quantitative estimate of drug-likeness (QED) is 0.625. The number of carbonyl (C=O) groups is 2. The summed E-state index contributed by atoms with van der Waals surface area (Å²) in [5, 5.41) is 0.173. The van der Waals surface area contributed by atoms with E-state index in [1.807, 2.05) is 10.9 Å². The van der Waals surface area contributed by atoms with Crippen LogP contribution in [0.2, 0.25) is 5.02 Å². The molecule has 0 aliphatic carbocycles. The first-order valence-electron chi connectivity index (χ1n) is 3.81. The van der Waals surface area contributed by atoms with Gasteiger partial charge in [0.2, 0.25) is 0 Å². The van der Waals surface area contributed by atoms with Gasteiger partial charge in [-0.2, -0.15) is 0 Å². The molecular weight excluding hydrogens is 225 g/mol. The van der Waals surface area contributed by atoms with Gasteiger partial charge >= 0.3 is 6.03 Å². The number of nitrogens with two attached hydrogens (primary N) is 1. The maximum absolute atomic E-state index is 13.1. The number of halogens is 2. The Balaban J connectivity index is 2.78. The second-order valence-corrected chi connectivity index (χ2v) is 3.00. The highest BCUT2D eigenvalue weighted by Gasteiger charge is 2.11. The van der Waals surface area contributed by atoms with Crippen molar-refractivity contribution in [3.8, 4) is 0 Å². The normalized spacial score (nSPS) is 9.47. The van der Waals surface area contributed by atoms with Gasteiger partial charge in [0, 0.05) is 5.02 Å². The Bertz CT molecular complexity index is 411. The van der Waals surface area contributed by atoms with Crippen molar-refractivity contribution in [1.29, 1.82) is 0 Å². The maximum Gasteiger partial charge on any atom is 0.330 e. The van der Waals surface area contributed by atoms with Gasteiger partial charge < -0.3 is 5.73 Å². The van der Waals surface area contributed by atoms with Crippen molar-refractivity contribution in [2.45, 2.75) is 0 Å². The van der Waals surface area contributed by atoms with Crippen LogP contribution in [-0.2, 0) is 0 Å². The van der Waals surface area contributed by atoms with Gasteiger partial charge in [0.05, 0.1) is 5.56 Å². The van der Waals surface area contributed by atoms with Gasteiger partial charge in [0.25, 0.3) is 5.91 Å². The number of primary amides is 1. The number of hydrazine groups is 1. The molecule has 0 bridgehead atoms. The van der Waals surface area contributed by atoms with E-state index in [9.17, 15) is 14.0 Å². The first-order valence-corrected chi connectivity index (χ1v) is 4.19. The van der Waals surface area contributed by atoms with Crippen molar-refractivity contribution in [1.82, 2.24) is 10.9 Å². The van der Waals surface area contributed by atoms with E-state index in [4.69, 9.17) is 17.3 Å². The third kappa shape index (κ3) is 3.10. The van der Waals surface area contributed by atoms with E-state index in [-0.39, 0.29) is 10.6 Å². The predicted octanol–water partition coefficient (Wildman–Crippen LogP) is 0.792. The molecule has 0 aliphatic rings. The highest BCUT2D eigenvalue weighted by molar-refractivity contribution is 6.30. The van der Waals surface area contributed by atoms with Gasteiger partial charge in [-0.15, -0.1) is 0 Å². The molecule has 1 aromatic rings. The van der Waals surface area contributed by atoms with Crippen LogP contribution in [0.3, 0.4) is 0 Å². The summed E-state index contributed by atoms with van der Waals surface area (Å²) in [6, 6.07) is 2.58. The molecule has 0 heterocycles. The Morgan fingerprint density at radius 2 is 2.00 bits per heavy atom. The molecule has 0 radical (unpaired) electrons. The number of amides is 3. The van der Waals surface area contributed by atoms with Crippen LogP contribution in [0.1, 0.15) is 10.4 Å². The van der Waals surface area contributed by atoms with Crippen LogP contribution in [0.25, 0.3) is 0 Å². The van der Waals surface area contributed by atoms with Crippen LogP contribution in [0.15, 0.2) is 18.2 Å². The van der Waals surface area contributed by atoms with Gasteiger partial charge in [-0.1, -0.05) is 11.6 Å². The van der Waals surface area contributed by atoms with Crippen LogP contribution in [0.4, 0.5) is 9.18 Å². The third-order valence-electron chi connectivity index (χ3n) is 1.47. The fourth-order valence-electron chi connectivity index (χ4n) is 0.859. The molecule has 0 aliphatic heterocycles. The van der Waals surface area contributed by atoms with Crippen molar-refractivity contribution in [2.75, 3.05) is 0 Å². The van der Waals surface area contributed by atoms with Crippen molar-refractivity contribution in [3.05, 3.63) is 34.6 Å². The minimum atomic E-state index is -0.947. The predicted molar refractivity (Wildman–Crippen MR) is 51.6 cm³/mol. The molecule has 0 saturated heterocycles. The summed E-state index contributed by atoms with van der Waals surface area (Å²) in [7, 11) is 0. The standard InChI is InChI=1S/C8H7ClFN3O2/c9-4-1-2-5(6(10)3-4)7(14)12-13-8(11)15/h1-3H,(H,12,14)(H3,11,13,15). The molecule has 0 saturated carbocycles. The first-order chi connectivity index (χ1) is 7.00. The zero-order chi connectivity index (χ0) is 11.4. The maximum atomic E-state index is 13.1. The molecule has 80 valence electrons. The van der Waals surface area contributed by atoms with E-state index in [2.05, 4.69) is 0 Å². The largest absolute Gasteiger partial charge is 0.350 e. The molecule has 4 N–H and O–H groups in total. The molecule has 5 nitrogen and oxygen atoms in total. The summed E-state index contributed by atoms with van der Waals surface area (Å²) < 4.78 is 13.1. The molecule has 0 atom stereocenters. The molecule has 7 heteroatoms. The monoisotopic (exact) mass is 231 g/mol. The average molecular weight is 232 g/mol. The highest BCUT2D eigenvalue weighted by Crippen LogP contribution is 2.14. The molecule has 1 aromatic carbocycles. The van der Waals surface area contributed by atoms with E-state index in [1.165, 1.54) is 12.1 Å². The lowest BCUT2D eigenvalue weighted by Crippen LogP contribution is -2.44. The summed E-state index contributed by atoms with van der Waals surface area (Å²) in [6.07, 6.45) is 0. The molecular formula is C8H7ClFN3O2. The summed E-state index contributed by atoms with van der Waals surface area (Å²) in [5.41, 5.74) is 8.20. The first kappa shape index (κ1) is 11.3. The summed E-state index contributed by atoms with van der Waals surface area (Å²) in [4.78, 5) is 21.5. The fourth-order valence-corrected chi connectivity index (χ4v) is 1.02. The zero-order valence-corrected chi connectivity index (χ0v) is 8.14. The lowest BCUT2D eigenvalue weighted by atomic mass is 10.2. The molecule has 3 amide bonds. The van der Waals surface area contributed by atoms with Crippen molar-refractivity contribution < 1.29 is 14.0 Å². The lowest BCUT2D eigenvalue weighted by molar-refractivity contribution is 0.0933. The van der Waals surface area contributed by atoms with Gasteiger partial charge in [-0.05, 0) is 18.2 Å². The van der Waals surface area contributed by atoms with Crippen LogP contribution >= 0.6 is 11.6 Å². The molecule has 15 heavy (non-hydrogen) atoms. The highest BCUT2D eigenvalue weighted by atomic mass is 35.5. The van der Waals surface area contributed by atoms with Crippen molar-refractivity contribution in [3.63, 3.8) is 0 Å². The Morgan fingerprint density at radius 3 is 2.53 bits per heavy atom. The van der Waals surface area contributed by atoms with Gasteiger partial charge in [0.15, 0.2) is 0 Å². The van der Waals surface area contributed by atoms with Crippen molar-refractivity contribution in [2.24, 2.45) is 5.73 Å². The Kier molecular flexibility index (Phi) is 3.46. The molecule has 0 spiro atoms. The number of benzene rings is 1. The number of nitrogens with one attached hydrogen (secondary N) is 2. The van der Waals surface area contributed by atoms with E-state index in [0.717, 1.165) is 6.07 Å². The number of hydrogen-bond donors (Lipinski definition) is 3. The molecule has 1 rings (SSSR count). The molecule has 0 unspecified atom stereocenters. The smallest absolute Gasteiger partial charge is 0.330 e. The van der Waals surface area contributed by atoms with Gasteiger partial charge in [-0.3, -0.25) is 10.2 Å².